The van der Waals surface area contributed by atoms with Gasteiger partial charge in [-0.1, -0.05) is 6.92 Å². The van der Waals surface area contributed by atoms with Gasteiger partial charge in [-0.25, -0.2) is 9.97 Å². The third-order valence-electron chi connectivity index (χ3n) is 3.47. The van der Waals surface area contributed by atoms with Gasteiger partial charge >= 0.3 is 0 Å². The number of fused-ring (bicyclic) bond motifs is 1. The van der Waals surface area contributed by atoms with E-state index in [9.17, 15) is 0 Å². The summed E-state index contributed by atoms with van der Waals surface area (Å²) in [4.78, 5) is 12.3. The summed E-state index contributed by atoms with van der Waals surface area (Å²) in [6.45, 7) is 3.13. The second-order valence-electron chi connectivity index (χ2n) is 4.68. The zero-order valence-corrected chi connectivity index (χ0v) is 10.6. The van der Waals surface area contributed by atoms with Gasteiger partial charge in [0.15, 0.2) is 5.82 Å². The molecule has 0 aliphatic heterocycles. The van der Waals surface area contributed by atoms with Crippen LogP contribution in [0.4, 0.5) is 0 Å². The number of H-pyrrole nitrogens is 1. The fraction of sp³-hybridized carbons (Fsp3) is 0.429. The fourth-order valence-electron chi connectivity index (χ4n) is 2.60. The Balaban J connectivity index is 1.95. The zero-order chi connectivity index (χ0) is 12.4. The highest BCUT2D eigenvalue weighted by Gasteiger charge is 2.21. The Bertz CT molecular complexity index is 519. The highest BCUT2D eigenvalue weighted by atomic mass is 15.0. The summed E-state index contributed by atoms with van der Waals surface area (Å²) in [6.07, 6.45) is 7.34. The number of nitrogens with zero attached hydrogens (tertiary/aromatic N) is 2. The molecule has 4 nitrogen and oxygen atoms in total. The van der Waals surface area contributed by atoms with E-state index in [0.29, 0.717) is 6.04 Å². The Kier molecular flexibility index (Phi) is 3.11. The first-order valence-corrected chi connectivity index (χ1v) is 6.61. The molecule has 1 atom stereocenters. The third-order valence-corrected chi connectivity index (χ3v) is 3.47. The van der Waals surface area contributed by atoms with Gasteiger partial charge in [0, 0.05) is 29.7 Å². The zero-order valence-electron chi connectivity index (χ0n) is 10.6. The van der Waals surface area contributed by atoms with Crippen molar-refractivity contribution >= 4 is 0 Å². The quantitative estimate of drug-likeness (QED) is 0.869. The number of rotatable bonds is 3. The number of hydrogen-bond donors (Lipinski definition) is 2. The summed E-state index contributed by atoms with van der Waals surface area (Å²) in [5.41, 5.74) is 3.47. The molecule has 2 heterocycles. The van der Waals surface area contributed by atoms with Crippen LogP contribution in [0.1, 0.15) is 37.1 Å². The Morgan fingerprint density at radius 1 is 1.50 bits per heavy atom. The van der Waals surface area contributed by atoms with Crippen molar-refractivity contribution < 1.29 is 0 Å². The summed E-state index contributed by atoms with van der Waals surface area (Å²) in [5.74, 6) is 0.802. The number of aromatic amines is 1. The van der Waals surface area contributed by atoms with Crippen molar-refractivity contribution in [1.82, 2.24) is 20.3 Å². The first-order chi connectivity index (χ1) is 8.88. The van der Waals surface area contributed by atoms with Gasteiger partial charge in [0.25, 0.3) is 0 Å². The normalized spacial score (nSPS) is 18.6. The molecule has 0 bridgehead atoms. The minimum atomic E-state index is 0.427. The van der Waals surface area contributed by atoms with Crippen LogP contribution < -0.4 is 5.32 Å². The molecule has 0 fully saturated rings. The molecule has 0 amide bonds. The van der Waals surface area contributed by atoms with Crippen molar-refractivity contribution in [3.63, 3.8) is 0 Å². The van der Waals surface area contributed by atoms with Crippen LogP contribution in [-0.2, 0) is 6.42 Å². The molecule has 2 N–H and O–H groups in total. The molecule has 0 saturated carbocycles. The first kappa shape index (κ1) is 11.4. The van der Waals surface area contributed by atoms with E-state index >= 15 is 0 Å². The average molecular weight is 242 g/mol. The highest BCUT2D eigenvalue weighted by molar-refractivity contribution is 5.49. The van der Waals surface area contributed by atoms with Crippen molar-refractivity contribution in [2.45, 2.75) is 32.2 Å². The second-order valence-corrected chi connectivity index (χ2v) is 4.68. The molecule has 94 valence electrons. The molecule has 0 saturated heterocycles. The molecule has 2 aromatic heterocycles. The Labute approximate surface area is 107 Å². The van der Waals surface area contributed by atoms with E-state index < -0.39 is 0 Å². The topological polar surface area (TPSA) is 53.6 Å². The molecule has 2 aromatic rings. The van der Waals surface area contributed by atoms with Gasteiger partial charge in [0.2, 0.25) is 0 Å². The van der Waals surface area contributed by atoms with Crippen LogP contribution in [0.15, 0.2) is 24.5 Å². The van der Waals surface area contributed by atoms with Crippen LogP contribution in [0, 0.1) is 0 Å². The molecule has 0 radical (unpaired) electrons. The van der Waals surface area contributed by atoms with Crippen LogP contribution in [0.25, 0.3) is 11.5 Å². The highest BCUT2D eigenvalue weighted by Crippen LogP contribution is 2.29. The number of hydrogen-bond acceptors (Lipinski definition) is 3. The van der Waals surface area contributed by atoms with Crippen LogP contribution in [-0.4, -0.2) is 21.5 Å². The van der Waals surface area contributed by atoms with Gasteiger partial charge in [-0.3, -0.25) is 0 Å². The second kappa shape index (κ2) is 4.90. The molecular formula is C14H18N4. The maximum absolute atomic E-state index is 4.71. The minimum absolute atomic E-state index is 0.427. The summed E-state index contributed by atoms with van der Waals surface area (Å²) in [6, 6.07) is 4.41. The molecule has 1 aliphatic carbocycles. The van der Waals surface area contributed by atoms with Crippen LogP contribution in [0.3, 0.4) is 0 Å². The van der Waals surface area contributed by atoms with Gasteiger partial charge < -0.3 is 10.3 Å². The Morgan fingerprint density at radius 3 is 3.22 bits per heavy atom. The van der Waals surface area contributed by atoms with Crippen molar-refractivity contribution in [3.05, 3.63) is 35.8 Å². The van der Waals surface area contributed by atoms with Crippen molar-refractivity contribution in [1.29, 1.82) is 0 Å². The lowest BCUT2D eigenvalue weighted by atomic mass is 9.92. The van der Waals surface area contributed by atoms with Crippen LogP contribution in [0.5, 0.6) is 0 Å². The predicted octanol–water partition coefficient (Wildman–Crippen LogP) is 2.46. The maximum Gasteiger partial charge on any atom is 0.176 e. The van der Waals surface area contributed by atoms with E-state index in [0.717, 1.165) is 24.5 Å². The van der Waals surface area contributed by atoms with Crippen molar-refractivity contribution in [2.75, 3.05) is 6.54 Å². The molecule has 1 aliphatic rings. The van der Waals surface area contributed by atoms with Crippen molar-refractivity contribution in [2.24, 2.45) is 0 Å². The monoisotopic (exact) mass is 242 g/mol. The number of aromatic nitrogens is 3. The lowest BCUT2D eigenvalue weighted by Crippen LogP contribution is -2.25. The van der Waals surface area contributed by atoms with Gasteiger partial charge in [0.05, 0.1) is 5.69 Å². The molecule has 4 heteroatoms. The molecule has 1 unspecified atom stereocenters. The minimum Gasteiger partial charge on any atom is -0.359 e. The van der Waals surface area contributed by atoms with E-state index in [4.69, 9.17) is 4.98 Å². The molecule has 0 spiro atoms. The first-order valence-electron chi connectivity index (χ1n) is 6.61. The van der Waals surface area contributed by atoms with E-state index in [-0.39, 0.29) is 0 Å². The van der Waals surface area contributed by atoms with Gasteiger partial charge in [-0.15, -0.1) is 0 Å². The lowest BCUT2D eigenvalue weighted by Gasteiger charge is -2.25. The summed E-state index contributed by atoms with van der Waals surface area (Å²) < 4.78 is 0. The average Bonchev–Trinajstić information content (AvgIpc) is 2.93. The molecule has 3 rings (SSSR count). The van der Waals surface area contributed by atoms with Crippen LogP contribution >= 0.6 is 0 Å². The molecule has 18 heavy (non-hydrogen) atoms. The number of aryl methyl sites for hydroxylation is 1. The number of nitrogens with one attached hydrogen (secondary N) is 2. The van der Waals surface area contributed by atoms with E-state index in [1.54, 1.807) is 0 Å². The fourth-order valence-corrected chi connectivity index (χ4v) is 2.60. The summed E-state index contributed by atoms with van der Waals surface area (Å²) in [5, 5.41) is 3.51. The third kappa shape index (κ3) is 2.04. The van der Waals surface area contributed by atoms with Crippen LogP contribution in [0.2, 0.25) is 0 Å². The lowest BCUT2D eigenvalue weighted by molar-refractivity contribution is 0.464. The maximum atomic E-state index is 4.71. The van der Waals surface area contributed by atoms with Gasteiger partial charge in [-0.05, 0) is 37.9 Å². The molecule has 0 aromatic carbocycles. The predicted molar refractivity (Wildman–Crippen MR) is 71.2 cm³/mol. The van der Waals surface area contributed by atoms with Gasteiger partial charge in [-0.2, -0.15) is 0 Å². The van der Waals surface area contributed by atoms with E-state index in [1.165, 1.54) is 24.1 Å². The molecular weight excluding hydrogens is 224 g/mol. The van der Waals surface area contributed by atoms with Gasteiger partial charge in [0.1, 0.15) is 0 Å². The Morgan fingerprint density at radius 2 is 2.44 bits per heavy atom. The largest absolute Gasteiger partial charge is 0.359 e. The van der Waals surface area contributed by atoms with E-state index in [2.05, 4.69) is 22.2 Å². The summed E-state index contributed by atoms with van der Waals surface area (Å²) in [7, 11) is 0. The van der Waals surface area contributed by atoms with Crippen molar-refractivity contribution in [3.8, 4) is 11.5 Å². The summed E-state index contributed by atoms with van der Waals surface area (Å²) >= 11 is 0. The smallest absolute Gasteiger partial charge is 0.176 e. The van der Waals surface area contributed by atoms with E-state index in [1.807, 2.05) is 24.5 Å². The Hall–Kier alpha value is -1.68. The SMILES string of the molecule is CCNC1CCCc2nc(-c3ccc[nH]3)ncc21. The standard InChI is InChI=1S/C14H18N4/c1-2-15-11-5-3-6-12-10(11)9-17-14(18-12)13-7-4-8-16-13/h4,7-9,11,15-16H,2-3,5-6H2,1H3.